The number of pyridine rings is 1. The van der Waals surface area contributed by atoms with Crippen LogP contribution in [-0.2, 0) is 24.3 Å². The highest BCUT2D eigenvalue weighted by molar-refractivity contribution is 5.86. The van der Waals surface area contributed by atoms with Gasteiger partial charge in [0.05, 0.1) is 29.8 Å². The number of H-pyrrole nitrogens is 1. The van der Waals surface area contributed by atoms with Gasteiger partial charge in [0, 0.05) is 12.4 Å². The Kier molecular flexibility index (Phi) is 2.97. The summed E-state index contributed by atoms with van der Waals surface area (Å²) in [5.74, 6) is 0.192. The Balaban J connectivity index is 1.55. The van der Waals surface area contributed by atoms with Crippen LogP contribution in [0.15, 0.2) is 29.3 Å². The standard InChI is InChI=1S/C16H17N5O2/c17-15-19-12-9-21(8-11(12)13(22)20-15)14(23)16(3-4-16)6-10-2-1-5-18-7-10/h1-2,5,7H,3-4,6,8-9H2,(H3,17,19,20,22). The van der Waals surface area contributed by atoms with Crippen molar-refractivity contribution in [1.82, 2.24) is 19.9 Å². The summed E-state index contributed by atoms with van der Waals surface area (Å²) in [5.41, 5.74) is 7.20. The van der Waals surface area contributed by atoms with Gasteiger partial charge in [-0.1, -0.05) is 6.07 Å². The molecule has 2 aromatic heterocycles. The number of hydrogen-bond acceptors (Lipinski definition) is 5. The van der Waals surface area contributed by atoms with E-state index in [1.165, 1.54) is 0 Å². The first-order valence-electron chi connectivity index (χ1n) is 7.63. The summed E-state index contributed by atoms with van der Waals surface area (Å²) in [6.45, 7) is 0.669. The number of rotatable bonds is 3. The molecule has 0 spiro atoms. The van der Waals surface area contributed by atoms with Crippen molar-refractivity contribution in [2.24, 2.45) is 5.41 Å². The van der Waals surface area contributed by atoms with Gasteiger partial charge in [-0.15, -0.1) is 0 Å². The molecule has 7 heteroatoms. The van der Waals surface area contributed by atoms with Crippen molar-refractivity contribution in [2.75, 3.05) is 5.73 Å². The number of nitrogen functional groups attached to an aromatic ring is 1. The second-order valence-electron chi connectivity index (χ2n) is 6.36. The second kappa shape index (κ2) is 4.91. The van der Waals surface area contributed by atoms with Crippen molar-refractivity contribution >= 4 is 11.9 Å². The van der Waals surface area contributed by atoms with Crippen LogP contribution in [0.4, 0.5) is 5.95 Å². The zero-order valence-corrected chi connectivity index (χ0v) is 12.6. The molecule has 4 rings (SSSR count). The van der Waals surface area contributed by atoms with E-state index >= 15 is 0 Å². The van der Waals surface area contributed by atoms with E-state index in [1.807, 2.05) is 12.1 Å². The van der Waals surface area contributed by atoms with Crippen LogP contribution in [0, 0.1) is 5.41 Å². The molecule has 118 valence electrons. The molecule has 1 fully saturated rings. The summed E-state index contributed by atoms with van der Waals surface area (Å²) in [4.78, 5) is 37.3. The zero-order valence-electron chi connectivity index (χ0n) is 12.6. The van der Waals surface area contributed by atoms with Gasteiger partial charge in [0.15, 0.2) is 0 Å². The second-order valence-corrected chi connectivity index (χ2v) is 6.36. The first-order chi connectivity index (χ1) is 11.1. The maximum absolute atomic E-state index is 12.9. The van der Waals surface area contributed by atoms with Gasteiger partial charge in [0.25, 0.3) is 5.56 Å². The van der Waals surface area contributed by atoms with Crippen molar-refractivity contribution in [3.63, 3.8) is 0 Å². The summed E-state index contributed by atoms with van der Waals surface area (Å²) in [7, 11) is 0. The van der Waals surface area contributed by atoms with Crippen molar-refractivity contribution in [3.05, 3.63) is 51.7 Å². The monoisotopic (exact) mass is 311 g/mol. The summed E-state index contributed by atoms with van der Waals surface area (Å²) in [6, 6.07) is 3.87. The number of anilines is 1. The number of carbonyl (C=O) groups is 1. The Labute approximate surface area is 132 Å². The molecule has 0 saturated heterocycles. The van der Waals surface area contributed by atoms with Gasteiger partial charge in [0.2, 0.25) is 11.9 Å². The molecule has 1 aliphatic carbocycles. The molecule has 0 unspecified atom stereocenters. The summed E-state index contributed by atoms with van der Waals surface area (Å²) < 4.78 is 0. The third-order valence-corrected chi connectivity index (χ3v) is 4.67. The molecule has 0 radical (unpaired) electrons. The molecule has 0 bridgehead atoms. The molecule has 2 aliphatic rings. The van der Waals surface area contributed by atoms with Gasteiger partial charge < -0.3 is 10.6 Å². The Bertz CT molecular complexity index is 826. The highest BCUT2D eigenvalue weighted by atomic mass is 16.2. The minimum atomic E-state index is -0.344. The van der Waals surface area contributed by atoms with E-state index in [2.05, 4.69) is 15.0 Å². The quantitative estimate of drug-likeness (QED) is 0.864. The normalized spacial score (nSPS) is 17.8. The van der Waals surface area contributed by atoms with Crippen molar-refractivity contribution in [3.8, 4) is 0 Å². The van der Waals surface area contributed by atoms with Gasteiger partial charge in [-0.3, -0.25) is 19.6 Å². The van der Waals surface area contributed by atoms with Crippen LogP contribution in [0.25, 0.3) is 0 Å². The van der Waals surface area contributed by atoms with Gasteiger partial charge in [-0.25, -0.2) is 4.98 Å². The fourth-order valence-corrected chi connectivity index (χ4v) is 3.27. The maximum Gasteiger partial charge on any atom is 0.257 e. The number of fused-ring (bicyclic) bond motifs is 1. The minimum absolute atomic E-state index is 0.0947. The largest absolute Gasteiger partial charge is 0.369 e. The molecule has 0 aromatic carbocycles. The van der Waals surface area contributed by atoms with Crippen LogP contribution >= 0.6 is 0 Å². The summed E-state index contributed by atoms with van der Waals surface area (Å²) in [6.07, 6.45) is 5.97. The van der Waals surface area contributed by atoms with Crippen LogP contribution in [-0.4, -0.2) is 25.8 Å². The van der Waals surface area contributed by atoms with Crippen molar-refractivity contribution in [1.29, 1.82) is 0 Å². The molecule has 0 atom stereocenters. The topological polar surface area (TPSA) is 105 Å². The molecule has 2 aromatic rings. The Morgan fingerprint density at radius 2 is 2.22 bits per heavy atom. The fraction of sp³-hybridized carbons (Fsp3) is 0.375. The molecule has 7 nitrogen and oxygen atoms in total. The molecular weight excluding hydrogens is 294 g/mol. The van der Waals surface area contributed by atoms with Crippen LogP contribution in [0.5, 0.6) is 0 Å². The number of carbonyl (C=O) groups excluding carboxylic acids is 1. The SMILES string of the molecule is Nc1nc2c(c(=O)[nH]1)CN(C(=O)C1(Cc3cccnc3)CC1)C2. The number of amides is 1. The van der Waals surface area contributed by atoms with E-state index in [0.29, 0.717) is 30.8 Å². The lowest BCUT2D eigenvalue weighted by Gasteiger charge is -2.22. The van der Waals surface area contributed by atoms with Gasteiger partial charge in [0.1, 0.15) is 0 Å². The van der Waals surface area contributed by atoms with Gasteiger partial charge in [-0.2, -0.15) is 0 Å². The Morgan fingerprint density at radius 1 is 1.39 bits per heavy atom. The molecular formula is C16H17N5O2. The third-order valence-electron chi connectivity index (χ3n) is 4.67. The molecule has 3 N–H and O–H groups in total. The van der Waals surface area contributed by atoms with Crippen LogP contribution < -0.4 is 11.3 Å². The number of nitrogens with zero attached hydrogens (tertiary/aromatic N) is 3. The molecule has 23 heavy (non-hydrogen) atoms. The number of hydrogen-bond donors (Lipinski definition) is 2. The van der Waals surface area contributed by atoms with Crippen molar-refractivity contribution < 1.29 is 4.79 Å². The zero-order chi connectivity index (χ0) is 16.0. The van der Waals surface area contributed by atoms with Crippen LogP contribution in [0.1, 0.15) is 29.7 Å². The predicted octanol–water partition coefficient (Wildman–Crippen LogP) is 0.612. The van der Waals surface area contributed by atoms with E-state index in [1.54, 1.807) is 17.3 Å². The van der Waals surface area contributed by atoms with Crippen LogP contribution in [0.3, 0.4) is 0 Å². The highest BCUT2D eigenvalue weighted by Crippen LogP contribution is 2.50. The number of nitrogens with two attached hydrogens (primary N) is 1. The third kappa shape index (κ3) is 2.38. The lowest BCUT2D eigenvalue weighted by molar-refractivity contribution is -0.137. The smallest absolute Gasteiger partial charge is 0.257 e. The fourth-order valence-electron chi connectivity index (χ4n) is 3.27. The Morgan fingerprint density at radius 3 is 2.91 bits per heavy atom. The number of aromatic amines is 1. The first kappa shape index (κ1) is 13.9. The Hall–Kier alpha value is -2.70. The average Bonchev–Trinajstić information content (AvgIpc) is 3.18. The van der Waals surface area contributed by atoms with E-state index in [9.17, 15) is 9.59 Å². The first-order valence-corrected chi connectivity index (χ1v) is 7.63. The minimum Gasteiger partial charge on any atom is -0.369 e. The average molecular weight is 311 g/mol. The van der Waals surface area contributed by atoms with Gasteiger partial charge in [-0.05, 0) is 30.9 Å². The summed E-state index contributed by atoms with van der Waals surface area (Å²) in [5, 5.41) is 0. The van der Waals surface area contributed by atoms with Crippen molar-refractivity contribution in [2.45, 2.75) is 32.4 Å². The number of nitrogens with one attached hydrogen (secondary N) is 1. The molecule has 1 amide bonds. The maximum atomic E-state index is 12.9. The van der Waals surface area contributed by atoms with Gasteiger partial charge >= 0.3 is 0 Å². The molecule has 1 saturated carbocycles. The summed E-state index contributed by atoms with van der Waals surface area (Å²) >= 11 is 0. The molecule has 1 aliphatic heterocycles. The van der Waals surface area contributed by atoms with E-state index in [0.717, 1.165) is 18.4 Å². The number of aromatic nitrogens is 3. The van der Waals surface area contributed by atoms with Crippen LogP contribution in [0.2, 0.25) is 0 Å². The lowest BCUT2D eigenvalue weighted by atomic mass is 9.96. The van der Waals surface area contributed by atoms with E-state index in [4.69, 9.17) is 5.73 Å². The van der Waals surface area contributed by atoms with E-state index < -0.39 is 0 Å². The predicted molar refractivity (Wildman–Crippen MR) is 83.1 cm³/mol. The lowest BCUT2D eigenvalue weighted by Crippen LogP contribution is -2.34. The molecule has 3 heterocycles. The highest BCUT2D eigenvalue weighted by Gasteiger charge is 2.52. The van der Waals surface area contributed by atoms with E-state index in [-0.39, 0.29) is 22.8 Å².